The van der Waals surface area contributed by atoms with E-state index in [2.05, 4.69) is 17.2 Å². The van der Waals surface area contributed by atoms with Crippen LogP contribution in [0.5, 0.6) is 0 Å². The number of nitrogens with zero attached hydrogens (tertiary/aromatic N) is 3. The first-order valence-electron chi connectivity index (χ1n) is 11.9. The van der Waals surface area contributed by atoms with Crippen LogP contribution in [0.3, 0.4) is 0 Å². The zero-order chi connectivity index (χ0) is 25.5. The lowest BCUT2D eigenvalue weighted by Crippen LogP contribution is -2.28. The SMILES string of the molecule is [CH2]CC(O)CC(O)CCn1c(-c2ccc(F)cc2)nc(C(=O)NC(C)c2cccnc2)c1C(C)C. The van der Waals surface area contributed by atoms with Crippen molar-refractivity contribution in [3.8, 4) is 11.4 Å². The first kappa shape index (κ1) is 26.5. The Balaban J connectivity index is 1.97. The van der Waals surface area contributed by atoms with Gasteiger partial charge in [0.05, 0.1) is 23.9 Å². The minimum atomic E-state index is -0.738. The Morgan fingerprint density at radius 2 is 1.86 bits per heavy atom. The number of hydrogen-bond acceptors (Lipinski definition) is 5. The van der Waals surface area contributed by atoms with Crippen LogP contribution in [0.4, 0.5) is 4.39 Å². The third-order valence-corrected chi connectivity index (χ3v) is 5.97. The van der Waals surface area contributed by atoms with Gasteiger partial charge < -0.3 is 20.1 Å². The summed E-state index contributed by atoms with van der Waals surface area (Å²) in [6.07, 6.45) is 2.86. The van der Waals surface area contributed by atoms with Crippen LogP contribution in [-0.4, -0.2) is 42.9 Å². The first-order chi connectivity index (χ1) is 16.7. The molecule has 3 N–H and O–H groups in total. The third-order valence-electron chi connectivity index (χ3n) is 5.97. The summed E-state index contributed by atoms with van der Waals surface area (Å²) in [7, 11) is 0. The molecule has 1 aromatic carbocycles. The molecule has 3 unspecified atom stereocenters. The summed E-state index contributed by atoms with van der Waals surface area (Å²) in [4.78, 5) is 22.2. The second kappa shape index (κ2) is 12.0. The van der Waals surface area contributed by atoms with E-state index in [9.17, 15) is 19.4 Å². The molecule has 0 aliphatic heterocycles. The number of imidazole rings is 1. The minimum Gasteiger partial charge on any atom is -0.393 e. The van der Waals surface area contributed by atoms with Crippen LogP contribution in [0.1, 0.15) is 73.7 Å². The molecule has 0 bridgehead atoms. The molecule has 1 radical (unpaired) electrons. The third kappa shape index (κ3) is 6.74. The van der Waals surface area contributed by atoms with Gasteiger partial charge in [0.25, 0.3) is 5.91 Å². The van der Waals surface area contributed by atoms with Crippen molar-refractivity contribution >= 4 is 5.91 Å². The number of benzene rings is 1. The van der Waals surface area contributed by atoms with Gasteiger partial charge in [-0.2, -0.15) is 0 Å². The molecular weight excluding hydrogens is 447 g/mol. The van der Waals surface area contributed by atoms with E-state index in [-0.39, 0.29) is 30.1 Å². The smallest absolute Gasteiger partial charge is 0.272 e. The van der Waals surface area contributed by atoms with Crippen LogP contribution < -0.4 is 5.32 Å². The Morgan fingerprint density at radius 3 is 2.46 bits per heavy atom. The summed E-state index contributed by atoms with van der Waals surface area (Å²) in [5.74, 6) is -0.205. The maximum Gasteiger partial charge on any atom is 0.272 e. The molecule has 3 rings (SSSR count). The van der Waals surface area contributed by atoms with Crippen LogP contribution in [0, 0.1) is 12.7 Å². The first-order valence-corrected chi connectivity index (χ1v) is 11.9. The second-order valence-corrected chi connectivity index (χ2v) is 9.08. The Hall–Kier alpha value is -3.10. The lowest BCUT2D eigenvalue weighted by Gasteiger charge is -2.19. The molecule has 0 fully saturated rings. The zero-order valence-corrected chi connectivity index (χ0v) is 20.5. The molecule has 1 amide bonds. The lowest BCUT2D eigenvalue weighted by molar-refractivity contribution is 0.0742. The Labute approximate surface area is 206 Å². The van der Waals surface area contributed by atoms with Crippen LogP contribution >= 0.6 is 0 Å². The number of hydrogen-bond donors (Lipinski definition) is 3. The van der Waals surface area contributed by atoms with E-state index in [1.807, 2.05) is 37.5 Å². The van der Waals surface area contributed by atoms with Crippen molar-refractivity contribution in [1.29, 1.82) is 0 Å². The number of amides is 1. The molecule has 2 aromatic heterocycles. The number of nitrogens with one attached hydrogen (secondary N) is 1. The van der Waals surface area contributed by atoms with Crippen LogP contribution in [0.2, 0.25) is 0 Å². The summed E-state index contributed by atoms with van der Waals surface area (Å²) in [6, 6.07) is 9.39. The molecule has 0 aliphatic carbocycles. The maximum atomic E-state index is 13.6. The quantitative estimate of drug-likeness (QED) is 0.376. The second-order valence-electron chi connectivity index (χ2n) is 9.08. The molecule has 0 saturated heterocycles. The maximum absolute atomic E-state index is 13.6. The van der Waals surface area contributed by atoms with E-state index < -0.39 is 12.2 Å². The number of halogens is 1. The van der Waals surface area contributed by atoms with Gasteiger partial charge in [-0.1, -0.05) is 26.8 Å². The van der Waals surface area contributed by atoms with Gasteiger partial charge in [-0.05, 0) is 68.0 Å². The van der Waals surface area contributed by atoms with Crippen molar-refractivity contribution in [2.75, 3.05) is 0 Å². The predicted octanol–water partition coefficient (Wildman–Crippen LogP) is 4.42. The molecule has 3 atom stereocenters. The number of aliphatic hydroxyl groups is 2. The van der Waals surface area contributed by atoms with Gasteiger partial charge in [0.2, 0.25) is 0 Å². The van der Waals surface area contributed by atoms with Crippen molar-refractivity contribution in [2.24, 2.45) is 0 Å². The monoisotopic (exact) mass is 481 g/mol. The molecule has 7 nitrogen and oxygen atoms in total. The zero-order valence-electron chi connectivity index (χ0n) is 20.5. The van der Waals surface area contributed by atoms with E-state index in [4.69, 9.17) is 4.98 Å². The van der Waals surface area contributed by atoms with Gasteiger partial charge in [0, 0.05) is 24.5 Å². The standard InChI is InChI=1S/C27H34FN4O3/c1-5-22(33)15-23(34)12-14-32-25(17(2)3)24(31-26(32)19-8-10-21(28)11-9-19)27(35)30-18(4)20-7-6-13-29-16-20/h6-11,13,16-18,22-23,33-34H,1,5,12,14-15H2,2-4H3,(H,30,35). The van der Waals surface area contributed by atoms with Crippen molar-refractivity contribution < 1.29 is 19.4 Å². The summed E-state index contributed by atoms with van der Waals surface area (Å²) in [5, 5.41) is 23.3. The molecule has 0 spiro atoms. The van der Waals surface area contributed by atoms with E-state index in [1.165, 1.54) is 12.1 Å². The van der Waals surface area contributed by atoms with Gasteiger partial charge in [0.1, 0.15) is 17.3 Å². The van der Waals surface area contributed by atoms with Crippen molar-refractivity contribution in [1.82, 2.24) is 19.9 Å². The topological polar surface area (TPSA) is 100 Å². The van der Waals surface area contributed by atoms with Gasteiger partial charge in [0.15, 0.2) is 0 Å². The van der Waals surface area contributed by atoms with E-state index in [0.29, 0.717) is 36.5 Å². The fourth-order valence-electron chi connectivity index (χ4n) is 4.07. The molecular formula is C27H34FN4O3. The van der Waals surface area contributed by atoms with Crippen molar-refractivity contribution in [2.45, 2.75) is 70.7 Å². The fourth-order valence-corrected chi connectivity index (χ4v) is 4.07. The summed E-state index contributed by atoms with van der Waals surface area (Å²) in [6.45, 7) is 9.88. The van der Waals surface area contributed by atoms with Gasteiger partial charge in [-0.15, -0.1) is 0 Å². The normalized spacial score (nSPS) is 14.1. The molecule has 187 valence electrons. The van der Waals surface area contributed by atoms with E-state index >= 15 is 0 Å². The summed E-state index contributed by atoms with van der Waals surface area (Å²) in [5.41, 5.74) is 2.56. The van der Waals surface area contributed by atoms with E-state index in [1.54, 1.807) is 24.5 Å². The number of carbonyl (C=O) groups is 1. The Bertz CT molecular complexity index is 1100. The highest BCUT2D eigenvalue weighted by molar-refractivity contribution is 5.94. The highest BCUT2D eigenvalue weighted by Crippen LogP contribution is 2.29. The average Bonchev–Trinajstić information content (AvgIpc) is 3.23. The summed E-state index contributed by atoms with van der Waals surface area (Å²) >= 11 is 0. The number of pyridine rings is 1. The van der Waals surface area contributed by atoms with Crippen LogP contribution in [-0.2, 0) is 6.54 Å². The van der Waals surface area contributed by atoms with Gasteiger partial charge >= 0.3 is 0 Å². The molecule has 8 heteroatoms. The highest BCUT2D eigenvalue weighted by atomic mass is 19.1. The Kier molecular flexibility index (Phi) is 9.12. The molecule has 0 saturated carbocycles. The van der Waals surface area contributed by atoms with Crippen molar-refractivity contribution in [3.63, 3.8) is 0 Å². The van der Waals surface area contributed by atoms with E-state index in [0.717, 1.165) is 11.3 Å². The van der Waals surface area contributed by atoms with Crippen LogP contribution in [0.15, 0.2) is 48.8 Å². The molecule has 3 aromatic rings. The van der Waals surface area contributed by atoms with Gasteiger partial charge in [-0.25, -0.2) is 9.37 Å². The number of rotatable bonds is 11. The van der Waals surface area contributed by atoms with Crippen molar-refractivity contribution in [3.05, 3.63) is 78.5 Å². The Morgan fingerprint density at radius 1 is 1.14 bits per heavy atom. The van der Waals surface area contributed by atoms with Crippen LogP contribution in [0.25, 0.3) is 11.4 Å². The molecule has 0 aliphatic rings. The summed E-state index contributed by atoms with van der Waals surface area (Å²) < 4.78 is 15.5. The molecule has 2 heterocycles. The molecule has 35 heavy (non-hydrogen) atoms. The predicted molar refractivity (Wildman–Crippen MR) is 133 cm³/mol. The minimum absolute atomic E-state index is 0.0475. The van der Waals surface area contributed by atoms with Gasteiger partial charge in [-0.3, -0.25) is 9.78 Å². The average molecular weight is 482 g/mol. The number of aromatic nitrogens is 3. The number of carbonyl (C=O) groups excluding carboxylic acids is 1. The lowest BCUT2D eigenvalue weighted by atomic mass is 10.0. The highest BCUT2D eigenvalue weighted by Gasteiger charge is 2.26. The number of aliphatic hydroxyl groups excluding tert-OH is 2. The fraction of sp³-hybridized carbons (Fsp3) is 0.407. The largest absolute Gasteiger partial charge is 0.393 e.